The van der Waals surface area contributed by atoms with Gasteiger partial charge in [0.2, 0.25) is 5.95 Å². The maximum Gasteiger partial charge on any atom is 0.313 e. The van der Waals surface area contributed by atoms with Crippen molar-refractivity contribution in [1.29, 1.82) is 0 Å². The van der Waals surface area contributed by atoms with Crippen molar-refractivity contribution >= 4 is 71.2 Å². The van der Waals surface area contributed by atoms with Crippen LogP contribution in [0.4, 0.5) is 37.3 Å². The highest BCUT2D eigenvalue weighted by molar-refractivity contribution is 7.86. The second kappa shape index (κ2) is 9.69. The molecule has 0 radical (unpaired) electrons. The fourth-order valence-corrected chi connectivity index (χ4v) is 4.59. The molecule has 4 aromatic rings. The van der Waals surface area contributed by atoms with Crippen molar-refractivity contribution in [2.45, 2.75) is 9.79 Å². The molecule has 38 heavy (non-hydrogen) atoms. The minimum absolute atomic E-state index is 0.0506. The van der Waals surface area contributed by atoms with Gasteiger partial charge in [-0.05, 0) is 35.7 Å². The first-order valence-electron chi connectivity index (χ1n) is 9.86. The zero-order chi connectivity index (χ0) is 28.0. The number of hydrogen-bond donors (Lipinski definition) is 5. The molecule has 6 N–H and O–H groups in total. The Labute approximate surface area is 217 Å². The van der Waals surface area contributed by atoms with Crippen LogP contribution in [0.25, 0.3) is 10.8 Å². The number of aromatic hydroxyl groups is 1. The Balaban J connectivity index is 1.80. The Morgan fingerprint density at radius 1 is 0.947 bits per heavy atom. The van der Waals surface area contributed by atoms with Crippen LogP contribution in [0.15, 0.2) is 62.5 Å². The number of azo groups is 1. The molecule has 0 aliphatic carbocycles. The van der Waals surface area contributed by atoms with E-state index in [-0.39, 0.29) is 27.8 Å². The highest BCUT2D eigenvalue weighted by atomic mass is 35.5. The fourth-order valence-electron chi connectivity index (χ4n) is 3.27. The van der Waals surface area contributed by atoms with Crippen molar-refractivity contribution in [1.82, 2.24) is 9.97 Å². The SMILES string of the molecule is Nc1ccc2cc(S(=O)(=O)O)cc(O)c2c1N=Nc1ccc(Nc2nc(F)nc(F)c2Cl)cc1S(=O)(=O)O. The quantitative estimate of drug-likeness (QED) is 0.0696. The normalized spacial score (nSPS) is 12.3. The van der Waals surface area contributed by atoms with Gasteiger partial charge < -0.3 is 16.2 Å². The molecule has 0 bridgehead atoms. The van der Waals surface area contributed by atoms with Crippen molar-refractivity contribution in [2.75, 3.05) is 11.1 Å². The fraction of sp³-hybridized carbons (Fsp3) is 0. The number of benzene rings is 3. The number of nitrogens with zero attached hydrogens (tertiary/aromatic N) is 4. The number of nitrogens with one attached hydrogen (secondary N) is 1. The number of aromatic nitrogens is 2. The van der Waals surface area contributed by atoms with Crippen molar-refractivity contribution in [3.05, 3.63) is 59.5 Å². The smallest absolute Gasteiger partial charge is 0.313 e. The largest absolute Gasteiger partial charge is 0.507 e. The van der Waals surface area contributed by atoms with Gasteiger partial charge in [-0.15, -0.1) is 10.2 Å². The van der Waals surface area contributed by atoms with E-state index < -0.39 is 64.3 Å². The van der Waals surface area contributed by atoms with Gasteiger partial charge in [-0.3, -0.25) is 9.11 Å². The molecule has 0 atom stereocenters. The lowest BCUT2D eigenvalue weighted by Gasteiger charge is -2.11. The number of phenolic OH excluding ortho intramolecular Hbond substituents is 1. The summed E-state index contributed by atoms with van der Waals surface area (Å²) in [6.45, 7) is 0. The molecule has 0 saturated carbocycles. The Kier molecular flexibility index (Phi) is 6.89. The van der Waals surface area contributed by atoms with Crippen LogP contribution < -0.4 is 11.1 Å². The lowest BCUT2D eigenvalue weighted by atomic mass is 10.1. The van der Waals surface area contributed by atoms with Crippen LogP contribution in [0.1, 0.15) is 0 Å². The van der Waals surface area contributed by atoms with Crippen molar-refractivity contribution in [3.8, 4) is 5.75 Å². The summed E-state index contributed by atoms with van der Waals surface area (Å²) in [5.74, 6) is -2.54. The van der Waals surface area contributed by atoms with E-state index in [1.807, 2.05) is 0 Å². The number of halogens is 3. The summed E-state index contributed by atoms with van der Waals surface area (Å²) in [5, 5.41) is 19.8. The summed E-state index contributed by atoms with van der Waals surface area (Å²) >= 11 is 5.69. The molecule has 0 aliphatic heterocycles. The molecule has 198 valence electrons. The first-order valence-corrected chi connectivity index (χ1v) is 13.1. The summed E-state index contributed by atoms with van der Waals surface area (Å²) < 4.78 is 92.9. The van der Waals surface area contributed by atoms with Crippen LogP contribution in [0, 0.1) is 12.0 Å². The van der Waals surface area contributed by atoms with E-state index in [0.717, 1.165) is 24.3 Å². The number of nitrogens with two attached hydrogens (primary N) is 1. The standard InChI is InChI=1S/C20H13ClF2N6O7S2/c21-16-18(22)26-20(23)27-19(16)25-9-2-4-12(14(6-9)38(34,35)36)28-29-17-11(24)3-1-8-5-10(37(31,32)33)7-13(30)15(8)17/h1-7,30H,24H2,(H,25,26,27)(H,31,32,33)(H,34,35,36). The highest BCUT2D eigenvalue weighted by Crippen LogP contribution is 2.41. The molecule has 18 heteroatoms. The van der Waals surface area contributed by atoms with Crippen molar-refractivity contribution in [3.63, 3.8) is 0 Å². The average Bonchev–Trinajstić information content (AvgIpc) is 2.81. The molecular weight excluding hydrogens is 574 g/mol. The highest BCUT2D eigenvalue weighted by Gasteiger charge is 2.20. The predicted molar refractivity (Wildman–Crippen MR) is 131 cm³/mol. The number of anilines is 3. The van der Waals surface area contributed by atoms with E-state index in [1.165, 1.54) is 18.2 Å². The molecule has 0 fully saturated rings. The minimum Gasteiger partial charge on any atom is -0.507 e. The second-order valence-electron chi connectivity index (χ2n) is 7.45. The zero-order valence-corrected chi connectivity index (χ0v) is 20.7. The number of fused-ring (bicyclic) bond motifs is 1. The summed E-state index contributed by atoms with van der Waals surface area (Å²) in [6, 6.07) is 7.53. The maximum atomic E-state index is 13.6. The summed E-state index contributed by atoms with van der Waals surface area (Å²) in [5.41, 5.74) is 5.13. The van der Waals surface area contributed by atoms with Gasteiger partial charge in [0.1, 0.15) is 27.0 Å². The van der Waals surface area contributed by atoms with Crippen LogP contribution in [-0.4, -0.2) is 41.0 Å². The summed E-state index contributed by atoms with van der Waals surface area (Å²) in [7, 11) is -9.60. The van der Waals surface area contributed by atoms with Gasteiger partial charge in [0.15, 0.2) is 5.82 Å². The summed E-state index contributed by atoms with van der Waals surface area (Å²) in [6.07, 6.45) is -1.45. The van der Waals surface area contributed by atoms with Gasteiger partial charge in [-0.2, -0.15) is 35.6 Å². The third-order valence-corrected chi connectivity index (χ3v) is 6.96. The van der Waals surface area contributed by atoms with E-state index in [2.05, 4.69) is 25.5 Å². The van der Waals surface area contributed by atoms with E-state index in [0.29, 0.717) is 0 Å². The molecule has 0 saturated heterocycles. The molecule has 1 aromatic heterocycles. The van der Waals surface area contributed by atoms with E-state index in [1.54, 1.807) is 0 Å². The van der Waals surface area contributed by atoms with E-state index >= 15 is 0 Å². The maximum absolute atomic E-state index is 13.6. The van der Waals surface area contributed by atoms with Gasteiger partial charge in [0.25, 0.3) is 20.2 Å². The molecule has 0 spiro atoms. The zero-order valence-electron chi connectivity index (χ0n) is 18.3. The molecular formula is C20H13ClF2N6O7S2. The monoisotopic (exact) mass is 586 g/mol. The second-order valence-corrected chi connectivity index (χ2v) is 10.6. The van der Waals surface area contributed by atoms with Crippen LogP contribution in [0.3, 0.4) is 0 Å². The third-order valence-electron chi connectivity index (χ3n) is 4.91. The molecule has 4 rings (SSSR count). The van der Waals surface area contributed by atoms with Crippen LogP contribution >= 0.6 is 11.6 Å². The van der Waals surface area contributed by atoms with Gasteiger partial charge in [-0.1, -0.05) is 17.7 Å². The van der Waals surface area contributed by atoms with Crippen LogP contribution in [0.5, 0.6) is 5.75 Å². The molecule has 13 nitrogen and oxygen atoms in total. The van der Waals surface area contributed by atoms with Gasteiger partial charge >= 0.3 is 6.08 Å². The third kappa shape index (κ3) is 5.46. The summed E-state index contributed by atoms with van der Waals surface area (Å²) in [4.78, 5) is 4.68. The minimum atomic E-state index is -4.94. The Morgan fingerprint density at radius 3 is 2.32 bits per heavy atom. The first kappa shape index (κ1) is 27.0. The van der Waals surface area contributed by atoms with E-state index in [4.69, 9.17) is 17.3 Å². The van der Waals surface area contributed by atoms with E-state index in [9.17, 15) is 39.8 Å². The molecule has 0 amide bonds. The lowest BCUT2D eigenvalue weighted by molar-refractivity contribution is 0.471. The molecule has 3 aromatic carbocycles. The Bertz CT molecular complexity index is 1870. The molecule has 0 aliphatic rings. The Morgan fingerprint density at radius 2 is 1.66 bits per heavy atom. The van der Waals surface area contributed by atoms with Gasteiger partial charge in [0.05, 0.1) is 16.0 Å². The molecule has 1 heterocycles. The van der Waals surface area contributed by atoms with Gasteiger partial charge in [-0.25, -0.2) is 0 Å². The average molecular weight is 587 g/mol. The topological polar surface area (TPSA) is 218 Å². The lowest BCUT2D eigenvalue weighted by Crippen LogP contribution is -2.04. The van der Waals surface area contributed by atoms with Gasteiger partial charge in [0, 0.05) is 11.8 Å². The number of rotatable bonds is 6. The number of hydrogen-bond acceptors (Lipinski definition) is 11. The predicted octanol–water partition coefficient (Wildman–Crippen LogP) is 4.50. The van der Waals surface area contributed by atoms with Crippen molar-refractivity contribution in [2.24, 2.45) is 10.2 Å². The Hall–Kier alpha value is -4.03. The van der Waals surface area contributed by atoms with Crippen LogP contribution in [0.2, 0.25) is 5.02 Å². The van der Waals surface area contributed by atoms with Crippen molar-refractivity contribution < 1.29 is 39.8 Å². The van der Waals surface area contributed by atoms with Crippen LogP contribution in [-0.2, 0) is 20.2 Å². The first-order chi connectivity index (χ1) is 17.6. The number of phenols is 1. The number of nitrogen functional groups attached to an aromatic ring is 1. The molecule has 0 unspecified atom stereocenters.